The average molecular weight is 208 g/mol. The van der Waals surface area contributed by atoms with E-state index in [1.54, 1.807) is 24.3 Å². The first-order valence-corrected chi connectivity index (χ1v) is 5.22. The topological polar surface area (TPSA) is 59.8 Å². The first kappa shape index (κ1) is 10.4. The minimum atomic E-state index is -0.193. The number of benzene rings is 1. The van der Waals surface area contributed by atoms with Crippen LogP contribution in [-0.4, -0.2) is 18.2 Å². The van der Waals surface area contributed by atoms with E-state index in [1.165, 1.54) is 0 Å². The third-order valence-electron chi connectivity index (χ3n) is 2.77. The van der Waals surface area contributed by atoms with Crippen molar-refractivity contribution in [3.8, 4) is 5.75 Å². The molecule has 1 fully saturated rings. The number of phenolic OH excluding ortho intramolecular Hbond substituents is 1. The molecular weight excluding hydrogens is 192 g/mol. The fourth-order valence-electron chi connectivity index (χ4n) is 1.94. The van der Waals surface area contributed by atoms with Crippen molar-refractivity contribution in [1.82, 2.24) is 5.32 Å². The van der Waals surface area contributed by atoms with E-state index in [0.29, 0.717) is 12.5 Å². The van der Waals surface area contributed by atoms with Crippen LogP contribution >= 0.6 is 0 Å². The summed E-state index contributed by atoms with van der Waals surface area (Å²) in [7, 11) is 0. The van der Waals surface area contributed by atoms with Gasteiger partial charge < -0.3 is 15.4 Å². The number of aromatic hydroxyl groups is 1. The molecule has 2 rings (SSSR count). The minimum Gasteiger partial charge on any atom is -0.633 e. The van der Waals surface area contributed by atoms with E-state index >= 15 is 0 Å². The van der Waals surface area contributed by atoms with E-state index in [1.807, 2.05) is 0 Å². The molecule has 0 radical (unpaired) electrons. The summed E-state index contributed by atoms with van der Waals surface area (Å²) in [6, 6.07) is 6.81. The molecule has 1 aliphatic heterocycles. The van der Waals surface area contributed by atoms with Gasteiger partial charge in [0.15, 0.2) is 6.17 Å². The maximum absolute atomic E-state index is 11.8. The van der Waals surface area contributed by atoms with Crippen molar-refractivity contribution in [1.29, 1.82) is 0 Å². The van der Waals surface area contributed by atoms with E-state index in [0.717, 1.165) is 12.1 Å². The van der Waals surface area contributed by atoms with Gasteiger partial charge in [-0.3, -0.25) is 5.32 Å². The first-order valence-electron chi connectivity index (χ1n) is 5.22. The summed E-state index contributed by atoms with van der Waals surface area (Å²) in [5.74, 6) is 0.654. The van der Waals surface area contributed by atoms with Gasteiger partial charge in [-0.1, -0.05) is 6.92 Å². The molecule has 3 unspecified atom stereocenters. The molecule has 82 valence electrons. The molecule has 1 aromatic carbocycles. The predicted octanol–water partition coefficient (Wildman–Crippen LogP) is 0.0128. The number of nitrogens with one attached hydrogen (secondary N) is 2. The maximum Gasteiger partial charge on any atom is 0.167 e. The molecule has 1 saturated heterocycles. The molecule has 0 amide bonds. The zero-order chi connectivity index (χ0) is 10.8. The van der Waals surface area contributed by atoms with Crippen LogP contribution < -0.4 is 10.4 Å². The second-order valence-corrected chi connectivity index (χ2v) is 4.21. The summed E-state index contributed by atoms with van der Waals surface area (Å²) in [6.07, 6.45) is -0.193. The molecule has 4 nitrogen and oxygen atoms in total. The van der Waals surface area contributed by atoms with Crippen LogP contribution in [0.5, 0.6) is 5.75 Å². The number of hydrogen-bond donors (Lipinski definition) is 3. The number of hydroxylamine groups is 2. The number of rotatable bonds is 1. The lowest BCUT2D eigenvalue weighted by molar-refractivity contribution is -0.895. The Balaban J connectivity index is 2.13. The molecule has 0 aliphatic carbocycles. The molecule has 4 heteroatoms. The van der Waals surface area contributed by atoms with Crippen molar-refractivity contribution in [3.05, 3.63) is 35.0 Å². The van der Waals surface area contributed by atoms with Gasteiger partial charge in [0.2, 0.25) is 0 Å². The minimum absolute atomic E-state index is 0.193. The molecule has 0 bridgehead atoms. The molecule has 0 spiro atoms. The van der Waals surface area contributed by atoms with Crippen LogP contribution in [0.3, 0.4) is 0 Å². The van der Waals surface area contributed by atoms with Crippen molar-refractivity contribution in [3.63, 3.8) is 0 Å². The highest BCUT2D eigenvalue weighted by atomic mass is 16.5. The van der Waals surface area contributed by atoms with Gasteiger partial charge in [-0.15, -0.1) is 0 Å². The van der Waals surface area contributed by atoms with Crippen LogP contribution in [0.15, 0.2) is 24.3 Å². The van der Waals surface area contributed by atoms with Gasteiger partial charge in [-0.05, 0) is 24.3 Å². The van der Waals surface area contributed by atoms with Gasteiger partial charge in [-0.25, -0.2) is 0 Å². The van der Waals surface area contributed by atoms with Gasteiger partial charge in [0.25, 0.3) is 0 Å². The van der Waals surface area contributed by atoms with E-state index in [-0.39, 0.29) is 17.0 Å². The van der Waals surface area contributed by atoms with Crippen molar-refractivity contribution in [2.75, 3.05) is 13.1 Å². The molecule has 3 atom stereocenters. The molecule has 15 heavy (non-hydrogen) atoms. The lowest BCUT2D eigenvalue weighted by Gasteiger charge is -2.38. The molecule has 1 heterocycles. The van der Waals surface area contributed by atoms with Crippen molar-refractivity contribution >= 4 is 0 Å². The maximum atomic E-state index is 11.8. The zero-order valence-electron chi connectivity index (χ0n) is 8.73. The fraction of sp³-hybridized carbons (Fsp3) is 0.455. The Morgan fingerprint density at radius 1 is 1.40 bits per heavy atom. The van der Waals surface area contributed by atoms with Crippen LogP contribution in [0.4, 0.5) is 0 Å². The second kappa shape index (κ2) is 4.18. The summed E-state index contributed by atoms with van der Waals surface area (Å²) in [4.78, 5) is 0. The summed E-state index contributed by atoms with van der Waals surface area (Å²) in [6.45, 7) is 3.58. The van der Waals surface area contributed by atoms with E-state index in [4.69, 9.17) is 5.11 Å². The monoisotopic (exact) mass is 208 g/mol. The first-order chi connectivity index (χ1) is 7.16. The molecule has 3 N–H and O–H groups in total. The van der Waals surface area contributed by atoms with Crippen LogP contribution in [0.1, 0.15) is 18.7 Å². The Kier molecular flexibility index (Phi) is 2.90. The van der Waals surface area contributed by atoms with Gasteiger partial charge in [0, 0.05) is 18.0 Å². The number of phenols is 1. The highest BCUT2D eigenvalue weighted by Gasteiger charge is 2.25. The van der Waals surface area contributed by atoms with Gasteiger partial charge in [0.05, 0.1) is 6.54 Å². The second-order valence-electron chi connectivity index (χ2n) is 4.21. The lowest BCUT2D eigenvalue weighted by Crippen LogP contribution is -3.11. The summed E-state index contributed by atoms with van der Waals surface area (Å²) >= 11 is 0. The fourth-order valence-corrected chi connectivity index (χ4v) is 1.94. The summed E-state index contributed by atoms with van der Waals surface area (Å²) in [5, 5.41) is 24.4. The highest BCUT2D eigenvalue weighted by molar-refractivity contribution is 5.27. The van der Waals surface area contributed by atoms with Gasteiger partial charge >= 0.3 is 0 Å². The highest BCUT2D eigenvalue weighted by Crippen LogP contribution is 2.14. The summed E-state index contributed by atoms with van der Waals surface area (Å²) in [5.41, 5.74) is 0.935. The van der Waals surface area contributed by atoms with E-state index in [2.05, 4.69) is 12.2 Å². The number of quaternary nitrogens is 1. The smallest absolute Gasteiger partial charge is 0.167 e. The molecule has 1 aromatic rings. The Bertz CT molecular complexity index is 326. The van der Waals surface area contributed by atoms with Crippen LogP contribution in [-0.2, 0) is 0 Å². The van der Waals surface area contributed by atoms with Gasteiger partial charge in [-0.2, -0.15) is 0 Å². The van der Waals surface area contributed by atoms with Crippen LogP contribution in [0, 0.1) is 11.1 Å². The van der Waals surface area contributed by atoms with E-state index < -0.39 is 0 Å². The molecule has 1 aliphatic rings. The predicted molar refractivity (Wildman–Crippen MR) is 57.2 cm³/mol. The Labute approximate surface area is 89.1 Å². The standard InChI is InChI=1S/C11H16N2O2/c1-8-6-12-11(13(15)7-8)9-2-4-10(14)5-3-9/h2-5,8,11-14H,6-7H2,1H3. The van der Waals surface area contributed by atoms with Crippen molar-refractivity contribution in [2.45, 2.75) is 13.1 Å². The van der Waals surface area contributed by atoms with Crippen LogP contribution in [0.25, 0.3) is 0 Å². The van der Waals surface area contributed by atoms with Crippen molar-refractivity contribution in [2.24, 2.45) is 5.92 Å². The lowest BCUT2D eigenvalue weighted by atomic mass is 10.1. The molecular formula is C11H16N2O2. The quantitative estimate of drug-likeness (QED) is 0.570. The number of hydrogen-bond acceptors (Lipinski definition) is 3. The Hall–Kier alpha value is -1.10. The van der Waals surface area contributed by atoms with E-state index in [9.17, 15) is 5.21 Å². The van der Waals surface area contributed by atoms with Crippen LogP contribution in [0.2, 0.25) is 0 Å². The van der Waals surface area contributed by atoms with Crippen molar-refractivity contribution < 1.29 is 10.2 Å². The normalized spacial score (nSPS) is 31.5. The Morgan fingerprint density at radius 3 is 2.67 bits per heavy atom. The van der Waals surface area contributed by atoms with Gasteiger partial charge in [0.1, 0.15) is 5.75 Å². The summed E-state index contributed by atoms with van der Waals surface area (Å²) < 4.78 is 0. The third kappa shape index (κ3) is 2.28. The molecule has 0 aromatic heterocycles. The molecule has 0 saturated carbocycles. The third-order valence-corrected chi connectivity index (χ3v) is 2.77. The Morgan fingerprint density at radius 2 is 2.07 bits per heavy atom. The average Bonchev–Trinajstić information content (AvgIpc) is 2.20. The SMILES string of the molecule is CC1CNC(c2ccc(O)cc2)[NH+]([O-])C1. The largest absolute Gasteiger partial charge is 0.633 e. The zero-order valence-corrected chi connectivity index (χ0v) is 8.73.